The van der Waals surface area contributed by atoms with Crippen molar-refractivity contribution < 1.29 is 22.5 Å². The summed E-state index contributed by atoms with van der Waals surface area (Å²) in [6, 6.07) is 0. The average Bonchev–Trinajstić information content (AvgIpc) is 2.08. The Morgan fingerprint density at radius 2 is 1.93 bits per heavy atom. The molecule has 1 unspecified atom stereocenters. The van der Waals surface area contributed by atoms with E-state index in [2.05, 4.69) is 4.74 Å². The van der Waals surface area contributed by atoms with Crippen LogP contribution < -0.4 is 0 Å². The Kier molecular flexibility index (Phi) is 5.71. The number of rotatable bonds is 6. The van der Waals surface area contributed by atoms with Gasteiger partial charge in [0, 0.05) is 0 Å². The molecule has 0 spiro atoms. The fraction of sp³-hybridized carbons (Fsp3) is 0.875. The van der Waals surface area contributed by atoms with E-state index >= 15 is 0 Å². The summed E-state index contributed by atoms with van der Waals surface area (Å²) < 4.78 is 35.0. The van der Waals surface area contributed by atoms with Gasteiger partial charge in [-0.3, -0.25) is 9.35 Å². The molecule has 0 rings (SSSR count). The first-order valence-corrected chi connectivity index (χ1v) is 6.06. The molecule has 0 fully saturated rings. The molecule has 0 aromatic heterocycles. The van der Waals surface area contributed by atoms with Crippen LogP contribution in [-0.4, -0.2) is 30.8 Å². The largest absolute Gasteiger partial charge is 0.465 e. The van der Waals surface area contributed by atoms with E-state index in [1.165, 1.54) is 0 Å². The lowest BCUT2D eigenvalue weighted by atomic mass is 10.2. The van der Waals surface area contributed by atoms with Gasteiger partial charge in [0.2, 0.25) is 0 Å². The lowest BCUT2D eigenvalue weighted by molar-refractivity contribution is -0.143. The number of ether oxygens (including phenoxy) is 1. The van der Waals surface area contributed by atoms with Crippen LogP contribution in [0.1, 0.15) is 33.1 Å². The molecule has 0 aliphatic rings. The third-order valence-electron chi connectivity index (χ3n) is 1.62. The lowest BCUT2D eigenvalue weighted by Gasteiger charge is -2.11. The molecule has 0 bridgehead atoms. The second kappa shape index (κ2) is 5.98. The Bertz CT molecular complexity index is 269. The molecular formula is C8H16O5S. The fourth-order valence-electron chi connectivity index (χ4n) is 0.946. The third-order valence-corrected chi connectivity index (χ3v) is 2.77. The van der Waals surface area contributed by atoms with Crippen molar-refractivity contribution in [1.29, 1.82) is 0 Å². The summed E-state index contributed by atoms with van der Waals surface area (Å²) in [4.78, 5) is 11.2. The second-order valence-electron chi connectivity index (χ2n) is 2.96. The monoisotopic (exact) mass is 224 g/mol. The second-order valence-corrected chi connectivity index (χ2v) is 4.56. The summed E-state index contributed by atoms with van der Waals surface area (Å²) in [5.74, 6) is -0.865. The molecule has 14 heavy (non-hydrogen) atoms. The van der Waals surface area contributed by atoms with Crippen LogP contribution in [0.3, 0.4) is 0 Å². The van der Waals surface area contributed by atoms with Crippen molar-refractivity contribution >= 4 is 16.1 Å². The summed E-state index contributed by atoms with van der Waals surface area (Å²) in [6.07, 6.45) is 1.20. The van der Waals surface area contributed by atoms with Gasteiger partial charge >= 0.3 is 5.97 Å². The maximum atomic E-state index is 11.2. The lowest BCUT2D eigenvalue weighted by Crippen LogP contribution is -2.31. The van der Waals surface area contributed by atoms with E-state index in [4.69, 9.17) is 4.55 Å². The zero-order valence-electron chi connectivity index (χ0n) is 8.39. The topological polar surface area (TPSA) is 80.7 Å². The Balaban J connectivity index is 4.43. The predicted molar refractivity (Wildman–Crippen MR) is 51.5 cm³/mol. The number of hydrogen-bond donors (Lipinski definition) is 1. The number of carbonyl (C=O) groups is 1. The highest BCUT2D eigenvalue weighted by Gasteiger charge is 2.31. The van der Waals surface area contributed by atoms with Crippen LogP contribution in [0.4, 0.5) is 0 Å². The van der Waals surface area contributed by atoms with Crippen molar-refractivity contribution in [2.24, 2.45) is 0 Å². The van der Waals surface area contributed by atoms with E-state index in [1.54, 1.807) is 13.8 Å². The summed E-state index contributed by atoms with van der Waals surface area (Å²) in [5, 5.41) is -1.43. The Morgan fingerprint density at radius 3 is 2.29 bits per heavy atom. The minimum atomic E-state index is -4.33. The first-order chi connectivity index (χ1) is 6.43. The molecule has 0 aromatic carbocycles. The quantitative estimate of drug-likeness (QED) is 0.537. The molecule has 84 valence electrons. The van der Waals surface area contributed by atoms with Crippen LogP contribution in [0.5, 0.6) is 0 Å². The van der Waals surface area contributed by atoms with Crippen molar-refractivity contribution in [2.75, 3.05) is 6.61 Å². The molecular weight excluding hydrogens is 208 g/mol. The van der Waals surface area contributed by atoms with E-state index in [0.29, 0.717) is 12.8 Å². The molecule has 0 aliphatic carbocycles. The number of esters is 1. The predicted octanol–water partition coefficient (Wildman–Crippen LogP) is 0.996. The molecule has 0 saturated carbocycles. The summed E-state index contributed by atoms with van der Waals surface area (Å²) in [6.45, 7) is 3.70. The minimum Gasteiger partial charge on any atom is -0.465 e. The first-order valence-electron chi connectivity index (χ1n) is 4.56. The van der Waals surface area contributed by atoms with E-state index in [9.17, 15) is 13.2 Å². The van der Waals surface area contributed by atoms with Crippen LogP contribution in [0, 0.1) is 0 Å². The summed E-state index contributed by atoms with van der Waals surface area (Å²) in [5.41, 5.74) is 0. The van der Waals surface area contributed by atoms with E-state index in [-0.39, 0.29) is 13.0 Å². The van der Waals surface area contributed by atoms with Gasteiger partial charge in [0.1, 0.15) is 0 Å². The van der Waals surface area contributed by atoms with Gasteiger partial charge < -0.3 is 4.74 Å². The van der Waals surface area contributed by atoms with Gasteiger partial charge in [0.05, 0.1) is 6.61 Å². The smallest absolute Gasteiger partial charge is 0.326 e. The maximum absolute atomic E-state index is 11.2. The van der Waals surface area contributed by atoms with E-state index in [0.717, 1.165) is 0 Å². The standard InChI is InChI=1S/C8H16O5S/c1-3-5-7(14(10,11)12)8(9)13-6-4-2/h7H,3-6H2,1-2H3,(H,10,11,12). The average molecular weight is 224 g/mol. The molecule has 6 heteroatoms. The van der Waals surface area contributed by atoms with Gasteiger partial charge in [-0.15, -0.1) is 0 Å². The molecule has 1 atom stereocenters. The highest BCUT2D eigenvalue weighted by atomic mass is 32.2. The van der Waals surface area contributed by atoms with Gasteiger partial charge in [-0.2, -0.15) is 8.42 Å². The SMILES string of the molecule is CCCOC(=O)C(CCC)S(=O)(=O)O. The van der Waals surface area contributed by atoms with Crippen LogP contribution in [0.25, 0.3) is 0 Å². The van der Waals surface area contributed by atoms with Crippen molar-refractivity contribution in [3.05, 3.63) is 0 Å². The molecule has 0 heterocycles. The maximum Gasteiger partial charge on any atom is 0.326 e. The van der Waals surface area contributed by atoms with Crippen molar-refractivity contribution in [1.82, 2.24) is 0 Å². The van der Waals surface area contributed by atoms with Gasteiger partial charge in [0.25, 0.3) is 10.1 Å². The number of hydrogen-bond acceptors (Lipinski definition) is 4. The Morgan fingerprint density at radius 1 is 1.36 bits per heavy atom. The van der Waals surface area contributed by atoms with Crippen molar-refractivity contribution in [3.63, 3.8) is 0 Å². The van der Waals surface area contributed by atoms with Gasteiger partial charge in [-0.25, -0.2) is 0 Å². The Labute approximate surface area is 84.2 Å². The molecule has 0 aromatic rings. The minimum absolute atomic E-state index is 0.0847. The van der Waals surface area contributed by atoms with Gasteiger partial charge in [-0.05, 0) is 12.8 Å². The molecule has 0 aliphatic heterocycles. The fourth-order valence-corrected chi connectivity index (χ4v) is 1.79. The highest BCUT2D eigenvalue weighted by Crippen LogP contribution is 2.09. The highest BCUT2D eigenvalue weighted by molar-refractivity contribution is 7.87. The van der Waals surface area contributed by atoms with Crippen LogP contribution in [0.2, 0.25) is 0 Å². The van der Waals surface area contributed by atoms with Gasteiger partial charge in [0.15, 0.2) is 5.25 Å². The zero-order chi connectivity index (χ0) is 11.2. The van der Waals surface area contributed by atoms with E-state index < -0.39 is 21.3 Å². The van der Waals surface area contributed by atoms with Crippen LogP contribution in [0.15, 0.2) is 0 Å². The van der Waals surface area contributed by atoms with Crippen LogP contribution >= 0.6 is 0 Å². The molecule has 5 nitrogen and oxygen atoms in total. The van der Waals surface area contributed by atoms with Crippen LogP contribution in [-0.2, 0) is 19.6 Å². The van der Waals surface area contributed by atoms with Crippen molar-refractivity contribution in [2.45, 2.75) is 38.4 Å². The van der Waals surface area contributed by atoms with Gasteiger partial charge in [-0.1, -0.05) is 20.3 Å². The normalized spacial score (nSPS) is 13.6. The number of carbonyl (C=O) groups excluding carboxylic acids is 1. The summed E-state index contributed by atoms with van der Waals surface area (Å²) >= 11 is 0. The summed E-state index contributed by atoms with van der Waals surface area (Å²) in [7, 11) is -4.33. The molecule has 0 saturated heterocycles. The molecule has 0 radical (unpaired) electrons. The zero-order valence-corrected chi connectivity index (χ0v) is 9.21. The first kappa shape index (κ1) is 13.4. The molecule has 0 amide bonds. The Hall–Kier alpha value is -0.620. The molecule has 1 N–H and O–H groups in total. The van der Waals surface area contributed by atoms with Crippen molar-refractivity contribution in [3.8, 4) is 0 Å². The third kappa shape index (κ3) is 4.57. The van der Waals surface area contributed by atoms with E-state index in [1.807, 2.05) is 0 Å².